The number of carbonyl (C=O) groups is 2. The monoisotopic (exact) mass is 428 g/mol. The Morgan fingerprint density at radius 1 is 1.21 bits per heavy atom. The van der Waals surface area contributed by atoms with Crippen molar-refractivity contribution in [3.05, 3.63) is 22.4 Å². The summed E-state index contributed by atoms with van der Waals surface area (Å²) < 4.78 is 26.8. The van der Waals surface area contributed by atoms with E-state index in [1.54, 1.807) is 11.0 Å². The fourth-order valence-electron chi connectivity index (χ4n) is 3.54. The average molecular weight is 429 g/mol. The lowest BCUT2D eigenvalue weighted by atomic mass is 10.3. The van der Waals surface area contributed by atoms with Crippen LogP contribution in [-0.4, -0.2) is 92.4 Å². The van der Waals surface area contributed by atoms with Crippen LogP contribution in [-0.2, 0) is 14.8 Å². The summed E-state index contributed by atoms with van der Waals surface area (Å²) in [6.07, 6.45) is 2.14. The molecule has 1 aromatic heterocycles. The third-order valence-electron chi connectivity index (χ3n) is 5.14. The maximum Gasteiger partial charge on any atom is 0.263 e. The van der Waals surface area contributed by atoms with Crippen LogP contribution in [0.15, 0.2) is 17.5 Å². The third kappa shape index (κ3) is 5.53. The summed E-state index contributed by atoms with van der Waals surface area (Å²) in [5.74, 6) is -0.0529. The fraction of sp³-hybridized carbons (Fsp3) is 0.667. The van der Waals surface area contributed by atoms with Crippen molar-refractivity contribution in [3.8, 4) is 0 Å². The lowest BCUT2D eigenvalue weighted by Gasteiger charge is -2.28. The molecule has 3 rings (SSSR count). The molecule has 0 atom stereocenters. The van der Waals surface area contributed by atoms with Crippen LogP contribution < -0.4 is 5.32 Å². The van der Waals surface area contributed by atoms with E-state index in [1.165, 1.54) is 15.6 Å². The number of piperazine rings is 1. The Hall–Kier alpha value is -1.49. The molecule has 0 radical (unpaired) electrons. The van der Waals surface area contributed by atoms with Gasteiger partial charge in [-0.25, -0.2) is 8.42 Å². The zero-order valence-electron chi connectivity index (χ0n) is 16.0. The Morgan fingerprint density at radius 2 is 2.00 bits per heavy atom. The van der Waals surface area contributed by atoms with Gasteiger partial charge in [0.15, 0.2) is 0 Å². The number of hydrogen-bond donors (Lipinski definition) is 1. The minimum Gasteiger partial charge on any atom is -0.343 e. The maximum atomic E-state index is 12.8. The number of likely N-dealkylation sites (tertiary alicyclic amines) is 1. The lowest BCUT2D eigenvalue weighted by Crippen LogP contribution is -2.48. The summed E-state index contributed by atoms with van der Waals surface area (Å²) in [6.45, 7) is 4.24. The molecule has 1 aromatic rings. The first-order chi connectivity index (χ1) is 13.5. The van der Waals surface area contributed by atoms with Gasteiger partial charge in [-0.15, -0.1) is 11.3 Å². The highest BCUT2D eigenvalue weighted by atomic mass is 32.2. The molecule has 2 aliphatic rings. The Balaban J connectivity index is 1.58. The molecule has 8 nitrogen and oxygen atoms in total. The van der Waals surface area contributed by atoms with E-state index >= 15 is 0 Å². The average Bonchev–Trinajstić information content (AvgIpc) is 3.37. The normalized spacial score (nSPS) is 18.6. The first-order valence-corrected chi connectivity index (χ1v) is 12.3. The zero-order valence-corrected chi connectivity index (χ0v) is 17.6. The van der Waals surface area contributed by atoms with E-state index in [4.69, 9.17) is 0 Å². The van der Waals surface area contributed by atoms with Crippen LogP contribution >= 0.6 is 11.3 Å². The summed E-state index contributed by atoms with van der Waals surface area (Å²) in [5.41, 5.74) is 0. The van der Waals surface area contributed by atoms with E-state index in [9.17, 15) is 18.0 Å². The SMILES string of the molecule is O=C1CCCN1CCCN(CCS(=O)(=O)N1CCNCC1)C(=O)c1cccs1. The second-order valence-electron chi connectivity index (χ2n) is 7.07. The van der Waals surface area contributed by atoms with E-state index in [2.05, 4.69) is 5.32 Å². The minimum atomic E-state index is -3.39. The van der Waals surface area contributed by atoms with Crippen molar-refractivity contribution >= 4 is 33.2 Å². The molecule has 0 spiro atoms. The maximum absolute atomic E-state index is 12.8. The summed E-state index contributed by atoms with van der Waals surface area (Å²) >= 11 is 1.36. The number of carbonyl (C=O) groups excluding carboxylic acids is 2. The predicted octanol–water partition coefficient (Wildman–Crippen LogP) is 0.438. The van der Waals surface area contributed by atoms with Gasteiger partial charge in [-0.1, -0.05) is 6.07 Å². The molecule has 0 aliphatic carbocycles. The molecule has 2 saturated heterocycles. The first-order valence-electron chi connectivity index (χ1n) is 9.76. The Morgan fingerprint density at radius 3 is 2.64 bits per heavy atom. The van der Waals surface area contributed by atoms with Gasteiger partial charge >= 0.3 is 0 Å². The van der Waals surface area contributed by atoms with Crippen LogP contribution in [0.1, 0.15) is 28.9 Å². The van der Waals surface area contributed by atoms with Gasteiger partial charge in [-0.3, -0.25) is 9.59 Å². The molecule has 10 heteroatoms. The Bertz CT molecular complexity index is 761. The summed E-state index contributed by atoms with van der Waals surface area (Å²) in [4.78, 5) is 28.6. The van der Waals surface area contributed by atoms with Crippen molar-refractivity contribution < 1.29 is 18.0 Å². The highest BCUT2D eigenvalue weighted by Gasteiger charge is 2.26. The predicted molar refractivity (Wildman–Crippen MR) is 109 cm³/mol. The number of rotatable bonds is 9. The van der Waals surface area contributed by atoms with E-state index in [0.717, 1.165) is 13.0 Å². The molecule has 28 heavy (non-hydrogen) atoms. The van der Waals surface area contributed by atoms with Crippen LogP contribution in [0.4, 0.5) is 0 Å². The van der Waals surface area contributed by atoms with Crippen molar-refractivity contribution in [2.75, 3.05) is 58.1 Å². The van der Waals surface area contributed by atoms with E-state index < -0.39 is 10.0 Å². The largest absolute Gasteiger partial charge is 0.343 e. The van der Waals surface area contributed by atoms with E-state index in [0.29, 0.717) is 57.0 Å². The number of nitrogens with zero attached hydrogens (tertiary/aromatic N) is 3. The second-order valence-corrected chi connectivity index (χ2v) is 10.1. The molecular weight excluding hydrogens is 400 g/mol. The van der Waals surface area contributed by atoms with Crippen molar-refractivity contribution in [1.29, 1.82) is 0 Å². The smallest absolute Gasteiger partial charge is 0.263 e. The molecule has 2 aliphatic heterocycles. The molecule has 0 aromatic carbocycles. The molecule has 0 unspecified atom stereocenters. The van der Waals surface area contributed by atoms with Gasteiger partial charge in [0.2, 0.25) is 15.9 Å². The molecule has 2 amide bonds. The number of thiophene rings is 1. The van der Waals surface area contributed by atoms with Crippen LogP contribution in [0.3, 0.4) is 0 Å². The summed E-state index contributed by atoms with van der Waals surface area (Å²) in [6, 6.07) is 3.57. The highest BCUT2D eigenvalue weighted by Crippen LogP contribution is 2.15. The van der Waals surface area contributed by atoms with Gasteiger partial charge in [0.25, 0.3) is 5.91 Å². The Labute approximate surface area is 170 Å². The van der Waals surface area contributed by atoms with Crippen molar-refractivity contribution in [3.63, 3.8) is 0 Å². The lowest BCUT2D eigenvalue weighted by molar-refractivity contribution is -0.127. The quantitative estimate of drug-likeness (QED) is 0.616. The van der Waals surface area contributed by atoms with Crippen LogP contribution in [0.2, 0.25) is 0 Å². The van der Waals surface area contributed by atoms with Crippen molar-refractivity contribution in [2.24, 2.45) is 0 Å². The number of nitrogens with one attached hydrogen (secondary N) is 1. The molecule has 1 N–H and O–H groups in total. The summed E-state index contributed by atoms with van der Waals surface area (Å²) in [5, 5.41) is 4.98. The molecule has 3 heterocycles. The zero-order chi connectivity index (χ0) is 20.0. The molecular formula is C18H28N4O4S2. The minimum absolute atomic E-state index is 0.0766. The van der Waals surface area contributed by atoms with Gasteiger partial charge in [0.05, 0.1) is 10.6 Å². The highest BCUT2D eigenvalue weighted by molar-refractivity contribution is 7.89. The molecule has 2 fully saturated rings. The number of sulfonamides is 1. The van der Waals surface area contributed by atoms with Gasteiger partial charge in [0.1, 0.15) is 0 Å². The third-order valence-corrected chi connectivity index (χ3v) is 7.84. The van der Waals surface area contributed by atoms with Gasteiger partial charge in [-0.05, 0) is 24.3 Å². The van der Waals surface area contributed by atoms with E-state index in [-0.39, 0.29) is 24.1 Å². The van der Waals surface area contributed by atoms with Gasteiger partial charge < -0.3 is 15.1 Å². The number of hydrogen-bond acceptors (Lipinski definition) is 6. The van der Waals surface area contributed by atoms with Crippen LogP contribution in [0.25, 0.3) is 0 Å². The van der Waals surface area contributed by atoms with Crippen molar-refractivity contribution in [1.82, 2.24) is 19.4 Å². The van der Waals surface area contributed by atoms with Crippen LogP contribution in [0, 0.1) is 0 Å². The topological polar surface area (TPSA) is 90.0 Å². The van der Waals surface area contributed by atoms with Crippen LogP contribution in [0.5, 0.6) is 0 Å². The molecule has 156 valence electrons. The van der Waals surface area contributed by atoms with Gasteiger partial charge in [-0.2, -0.15) is 4.31 Å². The second kappa shape index (κ2) is 9.82. The van der Waals surface area contributed by atoms with Gasteiger partial charge in [0, 0.05) is 58.8 Å². The molecule has 0 bridgehead atoms. The molecule has 0 saturated carbocycles. The fourth-order valence-corrected chi connectivity index (χ4v) is 5.68. The summed E-state index contributed by atoms with van der Waals surface area (Å²) in [7, 11) is -3.39. The standard InChI is InChI=1S/C18H28N4O4S2/c23-17-5-1-8-20(17)9-3-10-21(18(24)16-4-2-14-27-16)13-15-28(25,26)22-11-6-19-7-12-22/h2,4,14,19H,1,3,5-13,15H2. The van der Waals surface area contributed by atoms with E-state index in [1.807, 2.05) is 16.3 Å². The van der Waals surface area contributed by atoms with Crippen molar-refractivity contribution in [2.45, 2.75) is 19.3 Å². The Kier molecular flexibility index (Phi) is 7.44. The number of amides is 2. The first kappa shape index (κ1) is 21.2.